The third-order valence-corrected chi connectivity index (χ3v) is 6.19. The molecule has 0 unspecified atom stereocenters. The largest absolute Gasteiger partial charge is 0.474 e. The van der Waals surface area contributed by atoms with Crippen LogP contribution in [0, 0.1) is 0 Å². The number of nitrogens with one attached hydrogen (secondary N) is 3. The summed E-state index contributed by atoms with van der Waals surface area (Å²) >= 11 is 0. The van der Waals surface area contributed by atoms with Crippen LogP contribution in [0.1, 0.15) is 35.7 Å². The lowest BCUT2D eigenvalue weighted by atomic mass is 10.1. The summed E-state index contributed by atoms with van der Waals surface area (Å²) in [6.45, 7) is 4.32. The summed E-state index contributed by atoms with van der Waals surface area (Å²) in [6.07, 6.45) is 6.71. The number of hydrogen-bond donors (Lipinski definition) is 4. The summed E-state index contributed by atoms with van der Waals surface area (Å²) in [5, 5.41) is 9.19. The maximum Gasteiger partial charge on any atom is 0.256 e. The molecular weight excluding hydrogens is 494 g/mol. The number of allylic oxidation sites excluding steroid dienone is 1. The van der Waals surface area contributed by atoms with Gasteiger partial charge in [0.25, 0.3) is 5.91 Å². The van der Waals surface area contributed by atoms with E-state index in [2.05, 4.69) is 47.8 Å². The van der Waals surface area contributed by atoms with Gasteiger partial charge in [-0.15, -0.1) is 0 Å². The molecule has 0 aliphatic carbocycles. The van der Waals surface area contributed by atoms with Crippen LogP contribution in [0.15, 0.2) is 59.9 Å². The summed E-state index contributed by atoms with van der Waals surface area (Å²) in [5.41, 5.74) is 8.48. The van der Waals surface area contributed by atoms with Gasteiger partial charge in [-0.25, -0.2) is 4.98 Å². The quantitative estimate of drug-likeness (QED) is 0.290. The Balaban J connectivity index is 1.57. The number of piperidine rings is 1. The fourth-order valence-corrected chi connectivity index (χ4v) is 4.16. The standard InChI is InChI=1S/C28H35N9O2/c1-4-31-27(38)23-18-32-28(33-21-8-5-7-19(15-21)20(16-29)17-30-2)36-26(23)35-24-9-6-10-25(34-24)39-22-11-13-37(3)14-12-22/h5-10,15-18,22H,4,11-14,29H2,1-3H3,(H,31,38)(H2,32,33,34,35,36)/b20-16+,30-17?. The predicted octanol–water partition coefficient (Wildman–Crippen LogP) is 3.58. The van der Waals surface area contributed by atoms with Crippen molar-refractivity contribution < 1.29 is 9.53 Å². The number of amides is 1. The van der Waals surface area contributed by atoms with Crippen molar-refractivity contribution in [3.05, 3.63) is 66.0 Å². The molecule has 1 aliphatic heterocycles. The normalized spacial score (nSPS) is 14.8. The molecule has 1 fully saturated rings. The maximum absolute atomic E-state index is 12.8. The lowest BCUT2D eigenvalue weighted by Crippen LogP contribution is -2.35. The van der Waals surface area contributed by atoms with Crippen LogP contribution in [-0.4, -0.2) is 71.8 Å². The second-order valence-electron chi connectivity index (χ2n) is 9.14. The zero-order chi connectivity index (χ0) is 27.6. The summed E-state index contributed by atoms with van der Waals surface area (Å²) in [4.78, 5) is 32.7. The zero-order valence-corrected chi connectivity index (χ0v) is 22.5. The lowest BCUT2D eigenvalue weighted by Gasteiger charge is -2.29. The highest BCUT2D eigenvalue weighted by atomic mass is 16.5. The molecule has 2 aromatic heterocycles. The Morgan fingerprint density at radius 1 is 1.18 bits per heavy atom. The van der Waals surface area contributed by atoms with E-state index in [9.17, 15) is 4.79 Å². The van der Waals surface area contributed by atoms with Gasteiger partial charge in [0, 0.05) is 62.6 Å². The highest BCUT2D eigenvalue weighted by molar-refractivity contribution is 6.09. The van der Waals surface area contributed by atoms with Crippen LogP contribution in [0.5, 0.6) is 5.88 Å². The molecule has 1 saturated heterocycles. The van der Waals surface area contributed by atoms with Crippen molar-refractivity contribution in [3.8, 4) is 5.88 Å². The number of aromatic nitrogens is 3. The van der Waals surface area contributed by atoms with E-state index in [1.165, 1.54) is 12.4 Å². The Kier molecular flexibility index (Phi) is 9.41. The van der Waals surface area contributed by atoms with E-state index in [0.29, 0.717) is 35.6 Å². The number of aliphatic imine (C=N–C) groups is 1. The highest BCUT2D eigenvalue weighted by Gasteiger charge is 2.19. The third-order valence-electron chi connectivity index (χ3n) is 6.19. The number of nitrogens with zero attached hydrogens (tertiary/aromatic N) is 5. The predicted molar refractivity (Wildman–Crippen MR) is 155 cm³/mol. The second-order valence-corrected chi connectivity index (χ2v) is 9.14. The average molecular weight is 530 g/mol. The Morgan fingerprint density at radius 3 is 2.72 bits per heavy atom. The first-order chi connectivity index (χ1) is 19.0. The van der Waals surface area contributed by atoms with Crippen LogP contribution in [0.4, 0.5) is 23.3 Å². The number of anilines is 4. The molecule has 204 valence electrons. The fourth-order valence-electron chi connectivity index (χ4n) is 4.16. The van der Waals surface area contributed by atoms with Gasteiger partial charge in [-0.1, -0.05) is 18.2 Å². The van der Waals surface area contributed by atoms with E-state index >= 15 is 0 Å². The molecule has 39 heavy (non-hydrogen) atoms. The van der Waals surface area contributed by atoms with Gasteiger partial charge in [-0.05, 0) is 50.6 Å². The van der Waals surface area contributed by atoms with Crippen molar-refractivity contribution in [3.63, 3.8) is 0 Å². The van der Waals surface area contributed by atoms with Gasteiger partial charge in [0.05, 0.1) is 0 Å². The van der Waals surface area contributed by atoms with E-state index in [4.69, 9.17) is 10.5 Å². The molecular formula is C28H35N9O2. The first-order valence-corrected chi connectivity index (χ1v) is 12.9. The number of carbonyl (C=O) groups excluding carboxylic acids is 1. The van der Waals surface area contributed by atoms with Crippen molar-refractivity contribution >= 4 is 41.0 Å². The van der Waals surface area contributed by atoms with Gasteiger partial charge in [-0.3, -0.25) is 9.79 Å². The van der Waals surface area contributed by atoms with Crippen molar-refractivity contribution in [2.24, 2.45) is 10.7 Å². The van der Waals surface area contributed by atoms with Crippen LogP contribution >= 0.6 is 0 Å². The van der Waals surface area contributed by atoms with Crippen molar-refractivity contribution in [2.45, 2.75) is 25.9 Å². The molecule has 3 heterocycles. The summed E-state index contributed by atoms with van der Waals surface area (Å²) in [6, 6.07) is 13.1. The molecule has 0 radical (unpaired) electrons. The molecule has 11 heteroatoms. The average Bonchev–Trinajstić information content (AvgIpc) is 2.93. The number of likely N-dealkylation sites (tertiary alicyclic amines) is 1. The van der Waals surface area contributed by atoms with Gasteiger partial charge in [-0.2, -0.15) is 9.97 Å². The van der Waals surface area contributed by atoms with Crippen LogP contribution in [0.3, 0.4) is 0 Å². The molecule has 1 aliphatic rings. The summed E-state index contributed by atoms with van der Waals surface area (Å²) < 4.78 is 6.13. The molecule has 0 bridgehead atoms. The highest BCUT2D eigenvalue weighted by Crippen LogP contribution is 2.24. The van der Waals surface area contributed by atoms with Gasteiger partial charge in [0.15, 0.2) is 0 Å². The summed E-state index contributed by atoms with van der Waals surface area (Å²) in [5.74, 6) is 1.37. The zero-order valence-electron chi connectivity index (χ0n) is 22.5. The van der Waals surface area contributed by atoms with Gasteiger partial charge in [0.1, 0.15) is 23.3 Å². The number of benzene rings is 1. The monoisotopic (exact) mass is 529 g/mol. The molecule has 4 rings (SSSR count). The van der Waals surface area contributed by atoms with E-state index in [1.807, 2.05) is 43.3 Å². The molecule has 11 nitrogen and oxygen atoms in total. The number of hydrogen-bond acceptors (Lipinski definition) is 10. The number of carbonyl (C=O) groups is 1. The van der Waals surface area contributed by atoms with Crippen molar-refractivity contribution in [1.29, 1.82) is 0 Å². The van der Waals surface area contributed by atoms with Crippen LogP contribution < -0.4 is 26.4 Å². The fraction of sp³-hybridized carbons (Fsp3) is 0.321. The minimum atomic E-state index is -0.288. The Bertz CT molecular complexity index is 1330. The van der Waals surface area contributed by atoms with E-state index < -0.39 is 0 Å². The molecule has 0 atom stereocenters. The minimum absolute atomic E-state index is 0.124. The second kappa shape index (κ2) is 13.3. The SMILES string of the molecule is CCNC(=O)c1cnc(Nc2cccc(/C(C=NC)=C/N)c2)nc1Nc1cccc(OC2CCN(C)CC2)n1. The van der Waals surface area contributed by atoms with Crippen LogP contribution in [0.25, 0.3) is 5.57 Å². The van der Waals surface area contributed by atoms with Gasteiger partial charge in [0.2, 0.25) is 11.8 Å². The van der Waals surface area contributed by atoms with E-state index in [-0.39, 0.29) is 12.0 Å². The van der Waals surface area contributed by atoms with Crippen LogP contribution in [0.2, 0.25) is 0 Å². The minimum Gasteiger partial charge on any atom is -0.474 e. The molecule has 0 saturated carbocycles. The van der Waals surface area contributed by atoms with Crippen molar-refractivity contribution in [1.82, 2.24) is 25.2 Å². The molecule has 1 amide bonds. The number of ether oxygens (including phenoxy) is 1. The van der Waals surface area contributed by atoms with Gasteiger partial charge >= 0.3 is 0 Å². The number of nitrogens with two attached hydrogens (primary N) is 1. The van der Waals surface area contributed by atoms with Crippen LogP contribution in [-0.2, 0) is 0 Å². The maximum atomic E-state index is 12.8. The summed E-state index contributed by atoms with van der Waals surface area (Å²) in [7, 11) is 3.80. The van der Waals surface area contributed by atoms with E-state index in [0.717, 1.165) is 42.8 Å². The molecule has 1 aromatic carbocycles. The third kappa shape index (κ3) is 7.51. The first-order valence-electron chi connectivity index (χ1n) is 12.9. The molecule has 0 spiro atoms. The van der Waals surface area contributed by atoms with E-state index in [1.54, 1.807) is 19.3 Å². The number of rotatable bonds is 10. The first kappa shape index (κ1) is 27.5. The van der Waals surface area contributed by atoms with Gasteiger partial charge < -0.3 is 31.3 Å². The topological polar surface area (TPSA) is 143 Å². The Labute approximate surface area is 228 Å². The Morgan fingerprint density at radius 2 is 1.97 bits per heavy atom. The lowest BCUT2D eigenvalue weighted by molar-refractivity contribution is 0.0956. The number of pyridine rings is 1. The molecule has 3 aromatic rings. The smallest absolute Gasteiger partial charge is 0.256 e. The molecule has 5 N–H and O–H groups in total. The van der Waals surface area contributed by atoms with Crippen molar-refractivity contribution in [2.75, 3.05) is 44.4 Å². The Hall–Kier alpha value is -4.51.